The van der Waals surface area contributed by atoms with Gasteiger partial charge < -0.3 is 25.2 Å². The first-order chi connectivity index (χ1) is 13.0. The zero-order chi connectivity index (χ0) is 19.6. The second kappa shape index (κ2) is 11.1. The van der Waals surface area contributed by atoms with Gasteiger partial charge in [0.15, 0.2) is 5.96 Å². The highest BCUT2D eigenvalue weighted by Crippen LogP contribution is 2.14. The molecule has 27 heavy (non-hydrogen) atoms. The van der Waals surface area contributed by atoms with Crippen LogP contribution >= 0.6 is 0 Å². The van der Waals surface area contributed by atoms with E-state index in [0.717, 1.165) is 50.7 Å². The first-order valence-corrected chi connectivity index (χ1v) is 10.1. The van der Waals surface area contributed by atoms with Crippen molar-refractivity contribution in [3.8, 4) is 5.75 Å². The molecule has 1 aromatic carbocycles. The molecule has 0 bridgehead atoms. The molecule has 0 aliphatic carbocycles. The fraction of sp³-hybridized carbons (Fsp3) is 0.667. The number of benzene rings is 1. The summed E-state index contributed by atoms with van der Waals surface area (Å²) in [7, 11) is 5.93. The highest BCUT2D eigenvalue weighted by atomic mass is 16.5. The SMILES string of the molecule is CN=C(NCc1cccc(OCCN(C)C)c1)NC1CCN(C(C)C)CC1. The number of ether oxygens (including phenoxy) is 1. The lowest BCUT2D eigenvalue weighted by molar-refractivity contribution is 0.167. The third-order valence-corrected chi connectivity index (χ3v) is 4.99. The van der Waals surface area contributed by atoms with Gasteiger partial charge in [-0.2, -0.15) is 0 Å². The Bertz CT molecular complexity index is 580. The van der Waals surface area contributed by atoms with Gasteiger partial charge in [0.2, 0.25) is 0 Å². The van der Waals surface area contributed by atoms with Crippen LogP contribution in [-0.2, 0) is 6.54 Å². The Kier molecular flexibility index (Phi) is 8.88. The molecular formula is C21H37N5O. The van der Waals surface area contributed by atoms with Crippen molar-refractivity contribution in [2.24, 2.45) is 4.99 Å². The average molecular weight is 376 g/mol. The predicted octanol–water partition coefficient (Wildman–Crippen LogP) is 2.16. The standard InChI is InChI=1S/C21H37N5O/c1-17(2)26-11-9-19(10-12-26)24-21(22-3)23-16-18-7-6-8-20(15-18)27-14-13-25(4)5/h6-8,15,17,19H,9-14,16H2,1-5H3,(H2,22,23,24). The normalized spacial score (nSPS) is 16.8. The molecule has 0 aromatic heterocycles. The number of piperidine rings is 1. The summed E-state index contributed by atoms with van der Waals surface area (Å²) in [6.45, 7) is 9.18. The van der Waals surface area contributed by atoms with E-state index < -0.39 is 0 Å². The van der Waals surface area contributed by atoms with Crippen molar-refractivity contribution < 1.29 is 4.74 Å². The molecule has 1 aliphatic heterocycles. The number of guanidine groups is 1. The molecule has 1 saturated heterocycles. The average Bonchev–Trinajstić information content (AvgIpc) is 2.65. The van der Waals surface area contributed by atoms with Crippen molar-refractivity contribution in [1.82, 2.24) is 20.4 Å². The molecule has 6 heteroatoms. The highest BCUT2D eigenvalue weighted by molar-refractivity contribution is 5.79. The van der Waals surface area contributed by atoms with E-state index in [1.165, 1.54) is 5.56 Å². The van der Waals surface area contributed by atoms with E-state index in [4.69, 9.17) is 4.74 Å². The molecule has 0 unspecified atom stereocenters. The summed E-state index contributed by atoms with van der Waals surface area (Å²) in [5, 5.41) is 7.00. The summed E-state index contributed by atoms with van der Waals surface area (Å²) >= 11 is 0. The molecule has 152 valence electrons. The quantitative estimate of drug-likeness (QED) is 0.539. The first-order valence-electron chi connectivity index (χ1n) is 10.1. The number of aliphatic imine (C=N–C) groups is 1. The van der Waals surface area contributed by atoms with E-state index in [-0.39, 0.29) is 0 Å². The second-order valence-electron chi connectivity index (χ2n) is 7.77. The fourth-order valence-electron chi connectivity index (χ4n) is 3.23. The minimum atomic E-state index is 0.493. The highest BCUT2D eigenvalue weighted by Gasteiger charge is 2.21. The zero-order valence-corrected chi connectivity index (χ0v) is 17.7. The molecule has 0 radical (unpaired) electrons. The molecule has 0 saturated carbocycles. The van der Waals surface area contributed by atoms with Crippen LogP contribution in [0.3, 0.4) is 0 Å². The van der Waals surface area contributed by atoms with Crippen LogP contribution in [0.1, 0.15) is 32.3 Å². The van der Waals surface area contributed by atoms with Gasteiger partial charge >= 0.3 is 0 Å². The number of likely N-dealkylation sites (N-methyl/N-ethyl adjacent to an activating group) is 1. The van der Waals surface area contributed by atoms with Gasteiger partial charge in [-0.3, -0.25) is 4.99 Å². The van der Waals surface area contributed by atoms with Gasteiger partial charge in [-0.05, 0) is 58.5 Å². The largest absolute Gasteiger partial charge is 0.492 e. The van der Waals surface area contributed by atoms with E-state index in [2.05, 4.69) is 65.5 Å². The molecule has 0 spiro atoms. The lowest BCUT2D eigenvalue weighted by Crippen LogP contribution is -2.49. The van der Waals surface area contributed by atoms with Gasteiger partial charge in [-0.25, -0.2) is 0 Å². The van der Waals surface area contributed by atoms with Crippen molar-refractivity contribution in [2.75, 3.05) is 47.4 Å². The Balaban J connectivity index is 1.77. The maximum Gasteiger partial charge on any atom is 0.191 e. The Morgan fingerprint density at radius 3 is 2.67 bits per heavy atom. The molecule has 2 N–H and O–H groups in total. The topological polar surface area (TPSA) is 52.1 Å². The van der Waals surface area contributed by atoms with E-state index >= 15 is 0 Å². The third-order valence-electron chi connectivity index (χ3n) is 4.99. The van der Waals surface area contributed by atoms with E-state index in [0.29, 0.717) is 18.7 Å². The molecule has 2 rings (SSSR count). The molecular weight excluding hydrogens is 338 g/mol. The van der Waals surface area contributed by atoms with Crippen molar-refractivity contribution >= 4 is 5.96 Å². The van der Waals surface area contributed by atoms with Gasteiger partial charge in [0, 0.05) is 45.3 Å². The lowest BCUT2D eigenvalue weighted by Gasteiger charge is -2.35. The van der Waals surface area contributed by atoms with Crippen molar-refractivity contribution in [3.63, 3.8) is 0 Å². The number of hydrogen-bond acceptors (Lipinski definition) is 4. The van der Waals surface area contributed by atoms with E-state index in [1.807, 2.05) is 19.2 Å². The Labute approximate surface area is 165 Å². The summed E-state index contributed by atoms with van der Waals surface area (Å²) < 4.78 is 5.82. The van der Waals surface area contributed by atoms with Crippen LogP contribution in [0.2, 0.25) is 0 Å². The van der Waals surface area contributed by atoms with Crippen LogP contribution in [0.5, 0.6) is 5.75 Å². The summed E-state index contributed by atoms with van der Waals surface area (Å²) in [4.78, 5) is 9.04. The Morgan fingerprint density at radius 2 is 2.04 bits per heavy atom. The fourth-order valence-corrected chi connectivity index (χ4v) is 3.23. The van der Waals surface area contributed by atoms with Crippen LogP contribution < -0.4 is 15.4 Å². The smallest absolute Gasteiger partial charge is 0.191 e. The van der Waals surface area contributed by atoms with Crippen molar-refractivity contribution in [1.29, 1.82) is 0 Å². The van der Waals surface area contributed by atoms with Crippen molar-refractivity contribution in [2.45, 2.75) is 45.3 Å². The number of nitrogens with one attached hydrogen (secondary N) is 2. The molecule has 1 aliphatic rings. The van der Waals surface area contributed by atoms with E-state index in [9.17, 15) is 0 Å². The number of rotatable bonds is 8. The van der Waals surface area contributed by atoms with Crippen LogP contribution in [0.4, 0.5) is 0 Å². The van der Waals surface area contributed by atoms with Crippen LogP contribution in [0, 0.1) is 0 Å². The summed E-state index contributed by atoms with van der Waals surface area (Å²) in [6.07, 6.45) is 2.32. The van der Waals surface area contributed by atoms with Crippen LogP contribution in [-0.4, -0.2) is 75.2 Å². The van der Waals surface area contributed by atoms with Crippen molar-refractivity contribution in [3.05, 3.63) is 29.8 Å². The van der Waals surface area contributed by atoms with Gasteiger partial charge in [-0.1, -0.05) is 12.1 Å². The zero-order valence-electron chi connectivity index (χ0n) is 17.7. The Hall–Kier alpha value is -1.79. The maximum absolute atomic E-state index is 5.82. The predicted molar refractivity (Wildman–Crippen MR) is 114 cm³/mol. The number of nitrogens with zero attached hydrogens (tertiary/aromatic N) is 3. The monoisotopic (exact) mass is 375 g/mol. The summed E-state index contributed by atoms with van der Waals surface area (Å²) in [6, 6.07) is 9.38. The minimum absolute atomic E-state index is 0.493. The second-order valence-corrected chi connectivity index (χ2v) is 7.77. The minimum Gasteiger partial charge on any atom is -0.492 e. The summed E-state index contributed by atoms with van der Waals surface area (Å²) in [5.41, 5.74) is 1.19. The molecule has 6 nitrogen and oxygen atoms in total. The van der Waals surface area contributed by atoms with Gasteiger partial charge in [0.25, 0.3) is 0 Å². The molecule has 1 heterocycles. The van der Waals surface area contributed by atoms with Crippen LogP contribution in [0.25, 0.3) is 0 Å². The van der Waals surface area contributed by atoms with Gasteiger partial charge in [0.05, 0.1) is 0 Å². The molecule has 1 fully saturated rings. The number of hydrogen-bond donors (Lipinski definition) is 2. The molecule has 0 atom stereocenters. The van der Waals surface area contributed by atoms with E-state index in [1.54, 1.807) is 0 Å². The molecule has 0 amide bonds. The summed E-state index contributed by atoms with van der Waals surface area (Å²) in [5.74, 6) is 1.79. The number of likely N-dealkylation sites (tertiary alicyclic amines) is 1. The molecule has 1 aromatic rings. The van der Waals surface area contributed by atoms with Gasteiger partial charge in [-0.15, -0.1) is 0 Å². The first kappa shape index (κ1) is 21.5. The Morgan fingerprint density at radius 1 is 1.30 bits per heavy atom. The van der Waals surface area contributed by atoms with Crippen LogP contribution in [0.15, 0.2) is 29.3 Å². The lowest BCUT2D eigenvalue weighted by atomic mass is 10.0. The maximum atomic E-state index is 5.82. The third kappa shape index (κ3) is 7.77. The van der Waals surface area contributed by atoms with Gasteiger partial charge in [0.1, 0.15) is 12.4 Å².